The molecule has 1 heterocycles. The highest BCUT2D eigenvalue weighted by molar-refractivity contribution is 7.71. The first kappa shape index (κ1) is 12.8. The van der Waals surface area contributed by atoms with Gasteiger partial charge in [-0.05, 0) is 42.4 Å². The van der Waals surface area contributed by atoms with Crippen molar-refractivity contribution >= 4 is 23.1 Å². The molecule has 0 fully saturated rings. The van der Waals surface area contributed by atoms with Crippen molar-refractivity contribution in [2.75, 3.05) is 0 Å². The molecule has 3 rings (SSSR count). The molecule has 100 valence electrons. The van der Waals surface area contributed by atoms with Gasteiger partial charge in [0.1, 0.15) is 0 Å². The van der Waals surface area contributed by atoms with Gasteiger partial charge in [0, 0.05) is 0 Å². The molecule has 0 unspecified atom stereocenters. The molecule has 1 aromatic heterocycles. The Kier molecular flexibility index (Phi) is 3.24. The summed E-state index contributed by atoms with van der Waals surface area (Å²) in [5.74, 6) is 0. The van der Waals surface area contributed by atoms with Gasteiger partial charge in [-0.15, -0.1) is 0 Å². The second-order valence-electron chi connectivity index (χ2n) is 4.79. The first-order valence-corrected chi connectivity index (χ1v) is 6.84. The lowest BCUT2D eigenvalue weighted by Crippen LogP contribution is -2.23. The Bertz CT molecular complexity index is 893. The maximum Gasteiger partial charge on any atom is 0.262 e. The van der Waals surface area contributed by atoms with Crippen LogP contribution in [-0.4, -0.2) is 9.55 Å². The molecule has 0 saturated carbocycles. The van der Waals surface area contributed by atoms with Crippen LogP contribution in [0.1, 0.15) is 11.1 Å². The molecule has 20 heavy (non-hydrogen) atoms. The number of benzene rings is 2. The molecule has 0 bridgehead atoms. The Labute approximate surface area is 121 Å². The summed E-state index contributed by atoms with van der Waals surface area (Å²) in [4.78, 5) is 15.7. The first-order chi connectivity index (χ1) is 9.66. The largest absolute Gasteiger partial charge is 0.332 e. The molecule has 0 atom stereocenters. The van der Waals surface area contributed by atoms with Crippen LogP contribution in [0.5, 0.6) is 0 Å². The van der Waals surface area contributed by atoms with E-state index in [0.717, 1.165) is 16.6 Å². The second-order valence-corrected chi connectivity index (χ2v) is 5.18. The van der Waals surface area contributed by atoms with Crippen molar-refractivity contribution in [1.82, 2.24) is 9.55 Å². The zero-order valence-corrected chi connectivity index (χ0v) is 11.9. The minimum absolute atomic E-state index is 0.0485. The minimum atomic E-state index is -0.0485. The molecule has 0 saturated heterocycles. The molecular weight excluding hydrogens is 268 g/mol. The van der Waals surface area contributed by atoms with Crippen molar-refractivity contribution in [3.05, 3.63) is 74.8 Å². The van der Waals surface area contributed by atoms with Crippen LogP contribution in [0, 0.1) is 11.7 Å². The van der Waals surface area contributed by atoms with Crippen molar-refractivity contribution in [1.29, 1.82) is 0 Å². The SMILES string of the molecule is Cc1ccccc1Cn1c(=S)[nH]c2ccccc2c1=O. The van der Waals surface area contributed by atoms with Gasteiger partial charge in [-0.25, -0.2) is 0 Å². The standard InChI is InChI=1S/C16H14N2OS/c1-11-6-2-3-7-12(11)10-18-15(19)13-8-4-5-9-14(13)17-16(18)20/h2-9H,10H2,1H3,(H,17,20). The van der Waals surface area contributed by atoms with Crippen molar-refractivity contribution in [2.24, 2.45) is 0 Å². The monoisotopic (exact) mass is 282 g/mol. The number of nitrogens with one attached hydrogen (secondary N) is 1. The number of H-pyrrole nitrogens is 1. The molecule has 0 amide bonds. The van der Waals surface area contributed by atoms with E-state index < -0.39 is 0 Å². The third-order valence-corrected chi connectivity index (χ3v) is 3.80. The summed E-state index contributed by atoms with van der Waals surface area (Å²) in [6.45, 7) is 2.53. The van der Waals surface area contributed by atoms with Crippen LogP contribution in [0.3, 0.4) is 0 Å². The first-order valence-electron chi connectivity index (χ1n) is 6.43. The van der Waals surface area contributed by atoms with Crippen molar-refractivity contribution in [3.63, 3.8) is 0 Å². The number of aryl methyl sites for hydroxylation is 1. The number of aromatic amines is 1. The fraction of sp³-hybridized carbons (Fsp3) is 0.125. The molecule has 2 aromatic carbocycles. The average Bonchev–Trinajstić information content (AvgIpc) is 2.45. The van der Waals surface area contributed by atoms with Crippen LogP contribution in [0.15, 0.2) is 53.3 Å². The predicted molar refractivity (Wildman–Crippen MR) is 83.7 cm³/mol. The molecule has 0 aliphatic carbocycles. The van der Waals surface area contributed by atoms with E-state index >= 15 is 0 Å². The van der Waals surface area contributed by atoms with Gasteiger partial charge in [-0.2, -0.15) is 0 Å². The van der Waals surface area contributed by atoms with E-state index in [9.17, 15) is 4.79 Å². The van der Waals surface area contributed by atoms with Gasteiger partial charge in [0.2, 0.25) is 0 Å². The zero-order valence-electron chi connectivity index (χ0n) is 11.1. The molecule has 4 heteroatoms. The molecule has 1 N–H and O–H groups in total. The van der Waals surface area contributed by atoms with Crippen molar-refractivity contribution in [3.8, 4) is 0 Å². The molecule has 0 aliphatic heterocycles. The maximum absolute atomic E-state index is 12.5. The Balaban J connectivity index is 2.20. The Hall–Kier alpha value is -2.20. The lowest BCUT2D eigenvalue weighted by atomic mass is 10.1. The summed E-state index contributed by atoms with van der Waals surface area (Å²) in [6, 6.07) is 15.4. The average molecular weight is 282 g/mol. The van der Waals surface area contributed by atoms with Gasteiger partial charge >= 0.3 is 0 Å². The highest BCUT2D eigenvalue weighted by atomic mass is 32.1. The van der Waals surface area contributed by atoms with E-state index in [0.29, 0.717) is 16.7 Å². The van der Waals surface area contributed by atoms with Gasteiger partial charge in [0.15, 0.2) is 4.77 Å². The zero-order chi connectivity index (χ0) is 14.1. The van der Waals surface area contributed by atoms with E-state index in [2.05, 4.69) is 4.98 Å². The third kappa shape index (κ3) is 2.18. The Morgan fingerprint density at radius 1 is 1.10 bits per heavy atom. The van der Waals surface area contributed by atoms with Crippen LogP contribution in [0.4, 0.5) is 0 Å². The molecule has 0 radical (unpaired) electrons. The van der Waals surface area contributed by atoms with E-state index in [1.165, 1.54) is 0 Å². The Morgan fingerprint density at radius 3 is 2.60 bits per heavy atom. The number of fused-ring (bicyclic) bond motifs is 1. The van der Waals surface area contributed by atoms with Gasteiger partial charge < -0.3 is 4.98 Å². The van der Waals surface area contributed by atoms with Gasteiger partial charge in [0.25, 0.3) is 5.56 Å². The van der Waals surface area contributed by atoms with Crippen LogP contribution < -0.4 is 5.56 Å². The van der Waals surface area contributed by atoms with E-state index in [1.807, 2.05) is 55.5 Å². The molecule has 3 nitrogen and oxygen atoms in total. The molecule has 0 aliphatic rings. The van der Waals surface area contributed by atoms with Crippen molar-refractivity contribution < 1.29 is 0 Å². The lowest BCUT2D eigenvalue weighted by molar-refractivity contribution is 0.731. The number of rotatable bonds is 2. The Morgan fingerprint density at radius 2 is 1.80 bits per heavy atom. The van der Waals surface area contributed by atoms with Crippen LogP contribution in [0.25, 0.3) is 10.9 Å². The summed E-state index contributed by atoms with van der Waals surface area (Å²) in [5, 5.41) is 0.662. The number of para-hydroxylation sites is 1. The topological polar surface area (TPSA) is 37.8 Å². The van der Waals surface area contributed by atoms with Gasteiger partial charge in [-0.3, -0.25) is 9.36 Å². The van der Waals surface area contributed by atoms with Crippen LogP contribution >= 0.6 is 12.2 Å². The third-order valence-electron chi connectivity index (χ3n) is 3.48. The fourth-order valence-electron chi connectivity index (χ4n) is 2.30. The van der Waals surface area contributed by atoms with Crippen molar-refractivity contribution in [2.45, 2.75) is 13.5 Å². The van der Waals surface area contributed by atoms with Gasteiger partial charge in [0.05, 0.1) is 17.4 Å². The smallest absolute Gasteiger partial charge is 0.262 e. The normalized spacial score (nSPS) is 10.8. The molecule has 3 aromatic rings. The summed E-state index contributed by atoms with van der Waals surface area (Å²) in [5.41, 5.74) is 2.99. The number of hydrogen-bond donors (Lipinski definition) is 1. The quantitative estimate of drug-likeness (QED) is 0.731. The van der Waals surface area contributed by atoms with E-state index in [-0.39, 0.29) is 5.56 Å². The minimum Gasteiger partial charge on any atom is -0.332 e. The summed E-state index contributed by atoms with van der Waals surface area (Å²) in [6.07, 6.45) is 0. The van der Waals surface area contributed by atoms with Crippen LogP contribution in [0.2, 0.25) is 0 Å². The highest BCUT2D eigenvalue weighted by Gasteiger charge is 2.06. The summed E-state index contributed by atoms with van der Waals surface area (Å²) >= 11 is 5.32. The number of hydrogen-bond acceptors (Lipinski definition) is 2. The molecule has 0 spiro atoms. The fourth-order valence-corrected chi connectivity index (χ4v) is 2.56. The highest BCUT2D eigenvalue weighted by Crippen LogP contribution is 2.10. The second kappa shape index (κ2) is 5.06. The van der Waals surface area contributed by atoms with E-state index in [4.69, 9.17) is 12.2 Å². The number of aromatic nitrogens is 2. The molecular formula is C16H14N2OS. The van der Waals surface area contributed by atoms with Crippen LogP contribution in [-0.2, 0) is 6.54 Å². The maximum atomic E-state index is 12.5. The lowest BCUT2D eigenvalue weighted by Gasteiger charge is -2.10. The number of nitrogens with zero attached hydrogens (tertiary/aromatic N) is 1. The summed E-state index contributed by atoms with van der Waals surface area (Å²) < 4.78 is 2.07. The summed E-state index contributed by atoms with van der Waals surface area (Å²) in [7, 11) is 0. The van der Waals surface area contributed by atoms with E-state index in [1.54, 1.807) is 4.57 Å². The van der Waals surface area contributed by atoms with Gasteiger partial charge in [-0.1, -0.05) is 36.4 Å². The predicted octanol–water partition coefficient (Wildman–Crippen LogP) is 3.42.